The van der Waals surface area contributed by atoms with Gasteiger partial charge in [-0.2, -0.15) is 5.10 Å². The van der Waals surface area contributed by atoms with E-state index < -0.39 is 0 Å². The summed E-state index contributed by atoms with van der Waals surface area (Å²) in [5.41, 5.74) is 2.31. The standard InChI is InChI=1S/C15H17N3O2/c1-20-13-6-2-10(3-7-13)14-8-11(15(19)18-17-14)9-16-12-4-5-12/h2-3,6-8,12,16H,4-5,9H2,1H3,(H,18,19). The van der Waals surface area contributed by atoms with E-state index in [0.717, 1.165) is 22.6 Å². The van der Waals surface area contributed by atoms with Crippen molar-refractivity contribution in [2.75, 3.05) is 7.11 Å². The zero-order valence-corrected chi connectivity index (χ0v) is 11.3. The monoisotopic (exact) mass is 271 g/mol. The van der Waals surface area contributed by atoms with E-state index >= 15 is 0 Å². The molecule has 5 nitrogen and oxygen atoms in total. The Morgan fingerprint density at radius 1 is 1.35 bits per heavy atom. The van der Waals surface area contributed by atoms with Gasteiger partial charge in [-0.25, -0.2) is 5.10 Å². The van der Waals surface area contributed by atoms with Crippen LogP contribution in [0.4, 0.5) is 0 Å². The Bertz CT molecular complexity index is 645. The van der Waals surface area contributed by atoms with Gasteiger partial charge in [0.1, 0.15) is 5.75 Å². The number of rotatable bonds is 5. The fourth-order valence-corrected chi connectivity index (χ4v) is 2.03. The molecule has 0 atom stereocenters. The Labute approximate surface area is 117 Å². The van der Waals surface area contributed by atoms with Gasteiger partial charge in [0.2, 0.25) is 0 Å². The Hall–Kier alpha value is -2.14. The Morgan fingerprint density at radius 2 is 2.10 bits per heavy atom. The first-order valence-corrected chi connectivity index (χ1v) is 6.72. The molecule has 2 aromatic rings. The van der Waals surface area contributed by atoms with Gasteiger partial charge in [0.25, 0.3) is 5.56 Å². The first kappa shape index (κ1) is 12.9. The van der Waals surface area contributed by atoms with Crippen molar-refractivity contribution in [2.45, 2.75) is 25.4 Å². The van der Waals surface area contributed by atoms with Crippen LogP contribution in [-0.4, -0.2) is 23.3 Å². The van der Waals surface area contributed by atoms with Crippen LogP contribution < -0.4 is 15.6 Å². The van der Waals surface area contributed by atoms with E-state index in [2.05, 4.69) is 15.5 Å². The molecule has 1 saturated carbocycles. The molecule has 0 unspecified atom stereocenters. The van der Waals surface area contributed by atoms with Crippen molar-refractivity contribution in [3.63, 3.8) is 0 Å². The van der Waals surface area contributed by atoms with Gasteiger partial charge >= 0.3 is 0 Å². The summed E-state index contributed by atoms with van der Waals surface area (Å²) in [5, 5.41) is 10.0. The second kappa shape index (κ2) is 5.46. The quantitative estimate of drug-likeness (QED) is 0.868. The maximum atomic E-state index is 11.8. The van der Waals surface area contributed by atoms with E-state index in [1.54, 1.807) is 7.11 Å². The van der Waals surface area contributed by atoms with Crippen LogP contribution in [-0.2, 0) is 6.54 Å². The van der Waals surface area contributed by atoms with Gasteiger partial charge in [-0.05, 0) is 43.2 Å². The number of aromatic nitrogens is 2. The summed E-state index contributed by atoms with van der Waals surface area (Å²) in [7, 11) is 1.63. The second-order valence-corrected chi connectivity index (χ2v) is 4.99. The molecule has 1 aromatic heterocycles. The molecular formula is C15H17N3O2. The normalized spacial score (nSPS) is 14.2. The SMILES string of the molecule is COc1ccc(-c2cc(CNC3CC3)c(=O)[nH]n2)cc1. The van der Waals surface area contributed by atoms with Crippen molar-refractivity contribution in [3.05, 3.63) is 46.2 Å². The molecule has 1 aromatic carbocycles. The number of benzene rings is 1. The summed E-state index contributed by atoms with van der Waals surface area (Å²) < 4.78 is 5.13. The summed E-state index contributed by atoms with van der Waals surface area (Å²) in [4.78, 5) is 11.8. The highest BCUT2D eigenvalue weighted by molar-refractivity contribution is 5.60. The van der Waals surface area contributed by atoms with Gasteiger partial charge < -0.3 is 10.1 Å². The summed E-state index contributed by atoms with van der Waals surface area (Å²) >= 11 is 0. The van der Waals surface area contributed by atoms with Crippen molar-refractivity contribution in [2.24, 2.45) is 0 Å². The summed E-state index contributed by atoms with van der Waals surface area (Å²) in [6.45, 7) is 0.589. The van der Waals surface area contributed by atoms with Gasteiger partial charge in [-0.15, -0.1) is 0 Å². The first-order valence-electron chi connectivity index (χ1n) is 6.72. The third kappa shape index (κ3) is 2.88. The van der Waals surface area contributed by atoms with Crippen LogP contribution in [0.3, 0.4) is 0 Å². The number of hydrogen-bond donors (Lipinski definition) is 2. The summed E-state index contributed by atoms with van der Waals surface area (Å²) in [5.74, 6) is 0.800. The van der Waals surface area contributed by atoms with E-state index in [4.69, 9.17) is 4.74 Å². The summed E-state index contributed by atoms with van der Waals surface area (Å²) in [6.07, 6.45) is 2.41. The molecule has 2 N–H and O–H groups in total. The van der Waals surface area contributed by atoms with E-state index in [0.29, 0.717) is 12.6 Å². The van der Waals surface area contributed by atoms with E-state index in [9.17, 15) is 4.79 Å². The lowest BCUT2D eigenvalue weighted by Crippen LogP contribution is -2.23. The van der Waals surface area contributed by atoms with Crippen LogP contribution in [0.5, 0.6) is 5.75 Å². The minimum Gasteiger partial charge on any atom is -0.497 e. The maximum Gasteiger partial charge on any atom is 0.268 e. The molecule has 20 heavy (non-hydrogen) atoms. The molecule has 0 aliphatic heterocycles. The average molecular weight is 271 g/mol. The summed E-state index contributed by atoms with van der Waals surface area (Å²) in [6, 6.07) is 10.0. The van der Waals surface area contributed by atoms with Crippen LogP contribution in [0.15, 0.2) is 35.1 Å². The molecule has 0 amide bonds. The van der Waals surface area contributed by atoms with Gasteiger partial charge in [-0.1, -0.05) is 0 Å². The molecule has 104 valence electrons. The second-order valence-electron chi connectivity index (χ2n) is 4.99. The minimum atomic E-state index is -0.129. The van der Waals surface area contributed by atoms with Crippen LogP contribution in [0, 0.1) is 0 Å². The smallest absolute Gasteiger partial charge is 0.268 e. The fraction of sp³-hybridized carbons (Fsp3) is 0.333. The molecule has 1 aliphatic carbocycles. The molecule has 3 rings (SSSR count). The van der Waals surface area contributed by atoms with Crippen LogP contribution in [0.25, 0.3) is 11.3 Å². The lowest BCUT2D eigenvalue weighted by molar-refractivity contribution is 0.415. The minimum absolute atomic E-state index is 0.129. The largest absolute Gasteiger partial charge is 0.497 e. The number of nitrogens with zero attached hydrogens (tertiary/aromatic N) is 1. The lowest BCUT2D eigenvalue weighted by Gasteiger charge is -2.06. The number of H-pyrrole nitrogens is 1. The number of aromatic amines is 1. The zero-order valence-electron chi connectivity index (χ0n) is 11.3. The number of nitrogens with one attached hydrogen (secondary N) is 2. The van der Waals surface area contributed by atoms with E-state index in [-0.39, 0.29) is 5.56 Å². The van der Waals surface area contributed by atoms with Crippen molar-refractivity contribution in [3.8, 4) is 17.0 Å². The van der Waals surface area contributed by atoms with Crippen LogP contribution in [0.2, 0.25) is 0 Å². The molecule has 1 fully saturated rings. The molecule has 0 radical (unpaired) electrons. The van der Waals surface area contributed by atoms with E-state index in [1.807, 2.05) is 30.3 Å². The fourth-order valence-electron chi connectivity index (χ4n) is 2.03. The predicted molar refractivity (Wildman–Crippen MR) is 76.7 cm³/mol. The molecule has 1 aliphatic rings. The van der Waals surface area contributed by atoms with Crippen molar-refractivity contribution >= 4 is 0 Å². The molecular weight excluding hydrogens is 254 g/mol. The van der Waals surface area contributed by atoms with Crippen LogP contribution >= 0.6 is 0 Å². The van der Waals surface area contributed by atoms with Crippen LogP contribution in [0.1, 0.15) is 18.4 Å². The molecule has 5 heteroatoms. The van der Waals surface area contributed by atoms with Crippen molar-refractivity contribution < 1.29 is 4.74 Å². The van der Waals surface area contributed by atoms with Gasteiger partial charge in [-0.3, -0.25) is 4.79 Å². The number of hydrogen-bond acceptors (Lipinski definition) is 4. The van der Waals surface area contributed by atoms with Gasteiger partial charge in [0.05, 0.1) is 12.8 Å². The topological polar surface area (TPSA) is 67.0 Å². The van der Waals surface area contributed by atoms with Gasteiger partial charge in [0, 0.05) is 23.7 Å². The number of ether oxygens (including phenoxy) is 1. The Morgan fingerprint density at radius 3 is 2.75 bits per heavy atom. The third-order valence-corrected chi connectivity index (χ3v) is 3.42. The number of methoxy groups -OCH3 is 1. The van der Waals surface area contributed by atoms with Gasteiger partial charge in [0.15, 0.2) is 0 Å². The molecule has 0 spiro atoms. The predicted octanol–water partition coefficient (Wildman–Crippen LogP) is 1.70. The zero-order chi connectivity index (χ0) is 13.9. The Balaban J connectivity index is 1.84. The highest BCUT2D eigenvalue weighted by atomic mass is 16.5. The third-order valence-electron chi connectivity index (χ3n) is 3.42. The lowest BCUT2D eigenvalue weighted by atomic mass is 10.1. The highest BCUT2D eigenvalue weighted by Gasteiger charge is 2.20. The van der Waals surface area contributed by atoms with E-state index in [1.165, 1.54) is 12.8 Å². The first-order chi connectivity index (χ1) is 9.76. The molecule has 0 saturated heterocycles. The molecule has 0 bridgehead atoms. The van der Waals surface area contributed by atoms with Crippen molar-refractivity contribution in [1.82, 2.24) is 15.5 Å². The molecule has 1 heterocycles. The Kier molecular flexibility index (Phi) is 3.52. The maximum absolute atomic E-state index is 11.8. The van der Waals surface area contributed by atoms with Crippen molar-refractivity contribution in [1.29, 1.82) is 0 Å². The average Bonchev–Trinajstić information content (AvgIpc) is 3.31. The highest BCUT2D eigenvalue weighted by Crippen LogP contribution is 2.21.